The predicted molar refractivity (Wildman–Crippen MR) is 65.0 cm³/mol. The fourth-order valence-corrected chi connectivity index (χ4v) is 4.44. The van der Waals surface area contributed by atoms with Crippen molar-refractivity contribution in [2.24, 2.45) is 12.9 Å². The second-order valence-corrected chi connectivity index (χ2v) is 6.91. The normalized spacial score (nSPS) is 24.9. The first-order valence-corrected chi connectivity index (χ1v) is 7.65. The first kappa shape index (κ1) is 13.4. The highest BCUT2D eigenvalue weighted by Crippen LogP contribution is 2.23. The zero-order chi connectivity index (χ0) is 13.2. The van der Waals surface area contributed by atoms with E-state index in [2.05, 4.69) is 20.8 Å². The SMILES string of the molecule is Cn1nnc(CC(NN)C2CCCCS2(=O)=O)n1. The van der Waals surface area contributed by atoms with Crippen molar-refractivity contribution in [3.8, 4) is 0 Å². The third-order valence-electron chi connectivity index (χ3n) is 3.24. The van der Waals surface area contributed by atoms with Gasteiger partial charge in [0.05, 0.1) is 18.1 Å². The Bertz CT molecular complexity index is 499. The molecule has 9 heteroatoms. The minimum Gasteiger partial charge on any atom is -0.271 e. The molecule has 0 bridgehead atoms. The van der Waals surface area contributed by atoms with Crippen molar-refractivity contribution < 1.29 is 8.42 Å². The van der Waals surface area contributed by atoms with E-state index in [0.717, 1.165) is 12.8 Å². The van der Waals surface area contributed by atoms with Gasteiger partial charge in [0, 0.05) is 12.5 Å². The topological polar surface area (TPSA) is 116 Å². The van der Waals surface area contributed by atoms with Gasteiger partial charge in [0.15, 0.2) is 15.7 Å². The molecule has 0 radical (unpaired) electrons. The van der Waals surface area contributed by atoms with E-state index in [1.54, 1.807) is 7.05 Å². The highest BCUT2D eigenvalue weighted by Gasteiger charge is 2.35. The minimum absolute atomic E-state index is 0.240. The molecular formula is C9H18N6O2S. The predicted octanol–water partition coefficient (Wildman–Crippen LogP) is -1.45. The number of hydrogen-bond acceptors (Lipinski definition) is 7. The lowest BCUT2D eigenvalue weighted by atomic mass is 10.0. The van der Waals surface area contributed by atoms with Crippen LogP contribution in [0, 0.1) is 0 Å². The molecule has 1 fully saturated rings. The summed E-state index contributed by atoms with van der Waals surface area (Å²) in [6.07, 6.45) is 2.65. The Balaban J connectivity index is 2.12. The van der Waals surface area contributed by atoms with E-state index in [1.165, 1.54) is 4.80 Å². The van der Waals surface area contributed by atoms with Crippen LogP contribution in [0.1, 0.15) is 25.1 Å². The van der Waals surface area contributed by atoms with Crippen LogP contribution in [0.3, 0.4) is 0 Å². The molecule has 1 aromatic rings. The third-order valence-corrected chi connectivity index (χ3v) is 5.59. The van der Waals surface area contributed by atoms with Crippen LogP contribution in [-0.4, -0.2) is 45.7 Å². The van der Waals surface area contributed by atoms with Gasteiger partial charge in [0.2, 0.25) is 0 Å². The van der Waals surface area contributed by atoms with Gasteiger partial charge in [-0.25, -0.2) is 8.42 Å². The summed E-state index contributed by atoms with van der Waals surface area (Å²) in [7, 11) is -1.41. The molecule has 2 atom stereocenters. The number of sulfone groups is 1. The van der Waals surface area contributed by atoms with Crippen molar-refractivity contribution in [3.63, 3.8) is 0 Å². The van der Waals surface area contributed by atoms with Gasteiger partial charge in [-0.2, -0.15) is 4.80 Å². The Hall–Kier alpha value is -1.06. The molecular weight excluding hydrogens is 256 g/mol. The van der Waals surface area contributed by atoms with Crippen molar-refractivity contribution in [3.05, 3.63) is 5.82 Å². The van der Waals surface area contributed by atoms with Gasteiger partial charge in [-0.3, -0.25) is 11.3 Å². The molecule has 2 heterocycles. The summed E-state index contributed by atoms with van der Waals surface area (Å²) in [5, 5.41) is 11.2. The van der Waals surface area contributed by atoms with E-state index >= 15 is 0 Å². The molecule has 1 aliphatic rings. The average Bonchev–Trinajstić information content (AvgIpc) is 2.72. The summed E-state index contributed by atoms with van der Waals surface area (Å²) in [5.74, 6) is 6.22. The zero-order valence-corrected chi connectivity index (χ0v) is 11.1. The Kier molecular flexibility index (Phi) is 3.93. The monoisotopic (exact) mass is 274 g/mol. The second-order valence-electron chi connectivity index (χ2n) is 4.57. The van der Waals surface area contributed by atoms with Gasteiger partial charge in [-0.15, -0.1) is 10.2 Å². The molecule has 1 saturated heterocycles. The van der Waals surface area contributed by atoms with Crippen molar-refractivity contribution in [1.29, 1.82) is 0 Å². The molecule has 0 saturated carbocycles. The van der Waals surface area contributed by atoms with Crippen LogP contribution < -0.4 is 11.3 Å². The van der Waals surface area contributed by atoms with Gasteiger partial charge in [-0.05, 0) is 18.1 Å². The van der Waals surface area contributed by atoms with Crippen LogP contribution in [0.2, 0.25) is 0 Å². The van der Waals surface area contributed by atoms with Crippen molar-refractivity contribution in [2.45, 2.75) is 37.0 Å². The number of nitrogens with one attached hydrogen (secondary N) is 1. The molecule has 0 amide bonds. The summed E-state index contributed by atoms with van der Waals surface area (Å²) in [4.78, 5) is 1.35. The van der Waals surface area contributed by atoms with Crippen molar-refractivity contribution in [1.82, 2.24) is 25.6 Å². The highest BCUT2D eigenvalue weighted by molar-refractivity contribution is 7.92. The van der Waals surface area contributed by atoms with E-state index in [4.69, 9.17) is 5.84 Å². The molecule has 1 aliphatic heterocycles. The molecule has 102 valence electrons. The first-order chi connectivity index (χ1) is 8.53. The fraction of sp³-hybridized carbons (Fsp3) is 0.889. The smallest absolute Gasteiger partial charge is 0.176 e. The number of aryl methyl sites for hydroxylation is 1. The maximum Gasteiger partial charge on any atom is 0.176 e. The third kappa shape index (κ3) is 2.85. The Labute approximate surface area is 106 Å². The Morgan fingerprint density at radius 2 is 2.33 bits per heavy atom. The van der Waals surface area contributed by atoms with Crippen LogP contribution in [0.4, 0.5) is 0 Å². The summed E-state index contributed by atoms with van der Waals surface area (Å²) in [5.41, 5.74) is 2.59. The molecule has 18 heavy (non-hydrogen) atoms. The van der Waals surface area contributed by atoms with Gasteiger partial charge in [0.1, 0.15) is 0 Å². The molecule has 0 aliphatic carbocycles. The van der Waals surface area contributed by atoms with Gasteiger partial charge >= 0.3 is 0 Å². The van der Waals surface area contributed by atoms with E-state index in [9.17, 15) is 8.42 Å². The lowest BCUT2D eigenvalue weighted by Crippen LogP contribution is -2.50. The number of rotatable bonds is 4. The van der Waals surface area contributed by atoms with Gasteiger partial charge in [-0.1, -0.05) is 6.42 Å². The average molecular weight is 274 g/mol. The number of hydrazine groups is 1. The molecule has 0 aromatic carbocycles. The molecule has 1 aromatic heterocycles. The summed E-state index contributed by atoms with van der Waals surface area (Å²) in [6, 6.07) is -0.362. The van der Waals surface area contributed by atoms with Crippen molar-refractivity contribution >= 4 is 9.84 Å². The largest absolute Gasteiger partial charge is 0.271 e. The number of nitrogens with zero attached hydrogens (tertiary/aromatic N) is 4. The number of nitrogens with two attached hydrogens (primary N) is 1. The number of hydrogen-bond donors (Lipinski definition) is 2. The van der Waals surface area contributed by atoms with Crippen LogP contribution in [0.15, 0.2) is 0 Å². The second kappa shape index (κ2) is 5.29. The number of aromatic nitrogens is 4. The van der Waals surface area contributed by atoms with Crippen LogP contribution in [0.5, 0.6) is 0 Å². The van der Waals surface area contributed by atoms with Crippen LogP contribution >= 0.6 is 0 Å². The summed E-state index contributed by atoms with van der Waals surface area (Å²) >= 11 is 0. The Morgan fingerprint density at radius 1 is 1.56 bits per heavy atom. The minimum atomic E-state index is -3.07. The molecule has 8 nitrogen and oxygen atoms in total. The van der Waals surface area contributed by atoms with Crippen molar-refractivity contribution in [2.75, 3.05) is 5.75 Å². The number of tetrazole rings is 1. The van der Waals surface area contributed by atoms with Gasteiger partial charge in [0.25, 0.3) is 0 Å². The quantitative estimate of drug-likeness (QED) is 0.510. The molecule has 0 spiro atoms. The van der Waals surface area contributed by atoms with E-state index in [-0.39, 0.29) is 11.8 Å². The fourth-order valence-electron chi connectivity index (χ4n) is 2.33. The zero-order valence-electron chi connectivity index (χ0n) is 10.3. The molecule has 3 N–H and O–H groups in total. The summed E-state index contributed by atoms with van der Waals surface area (Å²) in [6.45, 7) is 0. The highest BCUT2D eigenvalue weighted by atomic mass is 32.2. The summed E-state index contributed by atoms with van der Waals surface area (Å²) < 4.78 is 24.0. The van der Waals surface area contributed by atoms with Crippen LogP contribution in [0.25, 0.3) is 0 Å². The lowest BCUT2D eigenvalue weighted by Gasteiger charge is -2.28. The van der Waals surface area contributed by atoms with Crippen LogP contribution in [-0.2, 0) is 23.3 Å². The van der Waals surface area contributed by atoms with E-state index < -0.39 is 15.1 Å². The van der Waals surface area contributed by atoms with E-state index in [1.807, 2.05) is 0 Å². The lowest BCUT2D eigenvalue weighted by molar-refractivity contribution is 0.434. The van der Waals surface area contributed by atoms with Gasteiger partial charge < -0.3 is 0 Å². The maximum atomic E-state index is 12.0. The maximum absolute atomic E-state index is 12.0. The van der Waals surface area contributed by atoms with E-state index in [0.29, 0.717) is 18.7 Å². The molecule has 2 rings (SSSR count). The molecule has 2 unspecified atom stereocenters. The standard InChI is InChI=1S/C9H18N6O2S/c1-15-13-9(12-14-15)6-7(11-10)8-4-2-3-5-18(8,16)17/h7-8,11H,2-6,10H2,1H3. The first-order valence-electron chi connectivity index (χ1n) is 5.93. The Morgan fingerprint density at radius 3 is 2.89 bits per heavy atom.